The molecule has 0 unspecified atom stereocenters. The normalized spacial score (nSPS) is 11.6. The minimum atomic E-state index is -3.73. The van der Waals surface area contributed by atoms with Crippen LogP contribution in [0.3, 0.4) is 0 Å². The second-order valence-electron chi connectivity index (χ2n) is 4.74. The van der Waals surface area contributed by atoms with Crippen molar-refractivity contribution in [1.82, 2.24) is 0 Å². The highest BCUT2D eigenvalue weighted by molar-refractivity contribution is 7.89. The number of ether oxygens (including phenoxy) is 1. The first kappa shape index (κ1) is 14.6. The van der Waals surface area contributed by atoms with Crippen molar-refractivity contribution in [3.05, 3.63) is 48.5 Å². The number of sulfonamides is 1. The Balaban J connectivity index is 2.60. The maximum absolute atomic E-state index is 11.5. The summed E-state index contributed by atoms with van der Waals surface area (Å²) < 4.78 is 28.7. The molecule has 5 heteroatoms. The monoisotopic (exact) mass is 291 g/mol. The van der Waals surface area contributed by atoms with Crippen molar-refractivity contribution in [2.75, 3.05) is 0 Å². The fraction of sp³-hybridized carbons (Fsp3) is 0.200. The van der Waals surface area contributed by atoms with E-state index in [0.717, 1.165) is 5.56 Å². The van der Waals surface area contributed by atoms with Crippen molar-refractivity contribution < 1.29 is 13.2 Å². The van der Waals surface area contributed by atoms with Gasteiger partial charge >= 0.3 is 0 Å². The van der Waals surface area contributed by atoms with Gasteiger partial charge in [-0.05, 0) is 37.6 Å². The van der Waals surface area contributed by atoms with Crippen LogP contribution in [-0.2, 0) is 10.0 Å². The van der Waals surface area contributed by atoms with Gasteiger partial charge in [0.05, 0.1) is 11.0 Å². The average molecular weight is 291 g/mol. The molecule has 0 aromatic heterocycles. The second-order valence-corrected chi connectivity index (χ2v) is 6.30. The van der Waals surface area contributed by atoms with Crippen molar-refractivity contribution >= 4 is 10.0 Å². The molecule has 2 rings (SSSR count). The van der Waals surface area contributed by atoms with Gasteiger partial charge in [0.1, 0.15) is 5.75 Å². The standard InChI is InChI=1S/C15H17NO3S/c1-11(2)19-15-9-8-13(20(16,17)18)10-14(15)12-6-4-3-5-7-12/h3-11H,1-2H3,(H2,16,17,18). The first-order valence-electron chi connectivity index (χ1n) is 6.27. The van der Waals surface area contributed by atoms with Gasteiger partial charge in [-0.15, -0.1) is 0 Å². The van der Waals surface area contributed by atoms with Crippen molar-refractivity contribution in [3.8, 4) is 16.9 Å². The summed E-state index contributed by atoms with van der Waals surface area (Å²) in [5, 5.41) is 5.19. The number of rotatable bonds is 4. The minimum absolute atomic E-state index is 0.00204. The summed E-state index contributed by atoms with van der Waals surface area (Å²) in [6.07, 6.45) is -0.00204. The molecule has 0 amide bonds. The summed E-state index contributed by atoms with van der Waals surface area (Å²) in [6, 6.07) is 14.1. The zero-order chi connectivity index (χ0) is 14.8. The van der Waals surface area contributed by atoms with E-state index >= 15 is 0 Å². The Morgan fingerprint density at radius 1 is 1.05 bits per heavy atom. The second kappa shape index (κ2) is 5.64. The molecule has 0 spiro atoms. The molecule has 0 aliphatic rings. The van der Waals surface area contributed by atoms with E-state index in [4.69, 9.17) is 9.88 Å². The van der Waals surface area contributed by atoms with E-state index in [0.29, 0.717) is 11.3 Å². The summed E-state index contributed by atoms with van der Waals surface area (Å²) in [6.45, 7) is 3.84. The zero-order valence-corrected chi connectivity index (χ0v) is 12.2. The third kappa shape index (κ3) is 3.37. The van der Waals surface area contributed by atoms with E-state index in [1.165, 1.54) is 6.07 Å². The number of nitrogens with two attached hydrogens (primary N) is 1. The summed E-state index contributed by atoms with van der Waals surface area (Å²) in [5.74, 6) is 0.638. The molecule has 2 N–H and O–H groups in total. The third-order valence-electron chi connectivity index (χ3n) is 2.73. The lowest BCUT2D eigenvalue weighted by molar-refractivity contribution is 0.243. The number of hydrogen-bond acceptors (Lipinski definition) is 3. The summed E-state index contributed by atoms with van der Waals surface area (Å²) in [7, 11) is -3.73. The molecule has 4 nitrogen and oxygen atoms in total. The van der Waals surface area contributed by atoms with Crippen LogP contribution < -0.4 is 9.88 Å². The van der Waals surface area contributed by atoms with Crippen LogP contribution in [0.15, 0.2) is 53.4 Å². The summed E-state index contributed by atoms with van der Waals surface area (Å²) in [5.41, 5.74) is 1.60. The molecule has 0 saturated carbocycles. The van der Waals surface area contributed by atoms with E-state index in [9.17, 15) is 8.42 Å². The Kier molecular flexibility index (Phi) is 4.11. The van der Waals surface area contributed by atoms with Crippen LogP contribution in [0.4, 0.5) is 0 Å². The molecule has 106 valence electrons. The molecule has 0 aliphatic carbocycles. The lowest BCUT2D eigenvalue weighted by atomic mass is 10.0. The van der Waals surface area contributed by atoms with E-state index in [2.05, 4.69) is 0 Å². The van der Waals surface area contributed by atoms with E-state index in [1.807, 2.05) is 44.2 Å². The van der Waals surface area contributed by atoms with Crippen LogP contribution in [0.2, 0.25) is 0 Å². The molecule has 0 fully saturated rings. The molecular weight excluding hydrogens is 274 g/mol. The predicted octanol–water partition coefficient (Wildman–Crippen LogP) is 2.79. The van der Waals surface area contributed by atoms with Crippen molar-refractivity contribution in [2.24, 2.45) is 5.14 Å². The van der Waals surface area contributed by atoms with E-state index < -0.39 is 10.0 Å². The molecule has 0 atom stereocenters. The molecule has 2 aromatic carbocycles. The van der Waals surface area contributed by atoms with Crippen LogP contribution in [-0.4, -0.2) is 14.5 Å². The van der Waals surface area contributed by atoms with Crippen LogP contribution >= 0.6 is 0 Å². The van der Waals surface area contributed by atoms with Gasteiger partial charge in [0, 0.05) is 5.56 Å². The number of primary sulfonamides is 1. The maximum atomic E-state index is 11.5. The SMILES string of the molecule is CC(C)Oc1ccc(S(N)(=O)=O)cc1-c1ccccc1. The van der Waals surface area contributed by atoms with Crippen LogP contribution in [0.5, 0.6) is 5.75 Å². The van der Waals surface area contributed by atoms with Crippen LogP contribution in [0.25, 0.3) is 11.1 Å². The van der Waals surface area contributed by atoms with Crippen molar-refractivity contribution in [2.45, 2.75) is 24.8 Å². The third-order valence-corrected chi connectivity index (χ3v) is 3.64. The van der Waals surface area contributed by atoms with Gasteiger partial charge in [0.2, 0.25) is 10.0 Å². The lowest BCUT2D eigenvalue weighted by Gasteiger charge is -2.15. The Morgan fingerprint density at radius 2 is 1.70 bits per heavy atom. The highest BCUT2D eigenvalue weighted by Gasteiger charge is 2.14. The summed E-state index contributed by atoms with van der Waals surface area (Å²) in [4.78, 5) is 0.0764. The molecule has 0 saturated heterocycles. The first-order valence-corrected chi connectivity index (χ1v) is 7.81. The van der Waals surface area contributed by atoms with E-state index in [-0.39, 0.29) is 11.0 Å². The van der Waals surface area contributed by atoms with Gasteiger partial charge in [-0.2, -0.15) is 0 Å². The zero-order valence-electron chi connectivity index (χ0n) is 11.4. The molecule has 0 bridgehead atoms. The van der Waals surface area contributed by atoms with Gasteiger partial charge in [-0.1, -0.05) is 30.3 Å². The molecule has 2 aromatic rings. The Labute approximate surface area is 119 Å². The van der Waals surface area contributed by atoms with Crippen LogP contribution in [0, 0.1) is 0 Å². The number of hydrogen-bond donors (Lipinski definition) is 1. The minimum Gasteiger partial charge on any atom is -0.490 e. The maximum Gasteiger partial charge on any atom is 0.238 e. The molecular formula is C15H17NO3S. The smallest absolute Gasteiger partial charge is 0.238 e. The van der Waals surface area contributed by atoms with Gasteiger partial charge in [-0.3, -0.25) is 0 Å². The first-order chi connectivity index (χ1) is 9.38. The summed E-state index contributed by atoms with van der Waals surface area (Å²) >= 11 is 0. The quantitative estimate of drug-likeness (QED) is 0.941. The van der Waals surface area contributed by atoms with Gasteiger partial charge in [0.25, 0.3) is 0 Å². The molecule has 0 aliphatic heterocycles. The fourth-order valence-electron chi connectivity index (χ4n) is 1.89. The van der Waals surface area contributed by atoms with E-state index in [1.54, 1.807) is 12.1 Å². The topological polar surface area (TPSA) is 69.4 Å². The average Bonchev–Trinajstić information content (AvgIpc) is 2.38. The fourth-order valence-corrected chi connectivity index (χ4v) is 2.43. The Bertz CT molecular complexity index is 694. The lowest BCUT2D eigenvalue weighted by Crippen LogP contribution is -2.13. The molecule has 20 heavy (non-hydrogen) atoms. The van der Waals surface area contributed by atoms with Crippen molar-refractivity contribution in [3.63, 3.8) is 0 Å². The highest BCUT2D eigenvalue weighted by Crippen LogP contribution is 2.32. The molecule has 0 radical (unpaired) electrons. The number of benzene rings is 2. The Morgan fingerprint density at radius 3 is 2.25 bits per heavy atom. The largest absolute Gasteiger partial charge is 0.490 e. The van der Waals surface area contributed by atoms with Crippen LogP contribution in [0.1, 0.15) is 13.8 Å². The van der Waals surface area contributed by atoms with Gasteiger partial charge in [-0.25, -0.2) is 13.6 Å². The highest BCUT2D eigenvalue weighted by atomic mass is 32.2. The predicted molar refractivity (Wildman–Crippen MR) is 79.0 cm³/mol. The molecule has 0 heterocycles. The van der Waals surface area contributed by atoms with Gasteiger partial charge in [0.15, 0.2) is 0 Å². The van der Waals surface area contributed by atoms with Crippen molar-refractivity contribution in [1.29, 1.82) is 0 Å². The van der Waals surface area contributed by atoms with Gasteiger partial charge < -0.3 is 4.74 Å². The Hall–Kier alpha value is -1.85.